The van der Waals surface area contributed by atoms with Crippen molar-refractivity contribution in [1.29, 1.82) is 0 Å². The van der Waals surface area contributed by atoms with Crippen LogP contribution in [0.4, 0.5) is 8.78 Å². The third-order valence-corrected chi connectivity index (χ3v) is 2.85. The molecular formula is C12H16F2O. The van der Waals surface area contributed by atoms with Gasteiger partial charge in [-0.2, -0.15) is 0 Å². The van der Waals surface area contributed by atoms with E-state index in [2.05, 4.69) is 0 Å². The molecule has 0 aliphatic carbocycles. The second-order valence-electron chi connectivity index (χ2n) is 4.18. The van der Waals surface area contributed by atoms with E-state index >= 15 is 0 Å². The van der Waals surface area contributed by atoms with Crippen molar-refractivity contribution in [2.24, 2.45) is 11.8 Å². The quantitative estimate of drug-likeness (QED) is 0.818. The van der Waals surface area contributed by atoms with Gasteiger partial charge in [0.05, 0.1) is 11.7 Å². The average Bonchev–Trinajstić information content (AvgIpc) is 2.15. The largest absolute Gasteiger partial charge is 0.388 e. The van der Waals surface area contributed by atoms with Crippen molar-refractivity contribution in [2.45, 2.75) is 26.9 Å². The molecule has 0 aromatic heterocycles. The van der Waals surface area contributed by atoms with E-state index < -0.39 is 17.7 Å². The first-order chi connectivity index (χ1) is 6.95. The standard InChI is InChI=1S/C12H16F2O/c1-7(2)8(3)12(15)11-9(13)5-4-6-10(11)14/h4-8,12,15H,1-3H3. The molecule has 3 heteroatoms. The van der Waals surface area contributed by atoms with E-state index in [1.54, 1.807) is 6.92 Å². The molecule has 0 fully saturated rings. The minimum absolute atomic E-state index is 0.166. The van der Waals surface area contributed by atoms with Crippen LogP contribution in [0, 0.1) is 23.5 Å². The number of hydrogen-bond acceptors (Lipinski definition) is 1. The highest BCUT2D eigenvalue weighted by Gasteiger charge is 2.25. The lowest BCUT2D eigenvalue weighted by Gasteiger charge is -2.23. The first-order valence-corrected chi connectivity index (χ1v) is 5.07. The van der Waals surface area contributed by atoms with Gasteiger partial charge in [-0.1, -0.05) is 26.8 Å². The smallest absolute Gasteiger partial charge is 0.131 e. The van der Waals surface area contributed by atoms with E-state index in [1.807, 2.05) is 13.8 Å². The fraction of sp³-hybridized carbons (Fsp3) is 0.500. The van der Waals surface area contributed by atoms with Crippen LogP contribution in [0.3, 0.4) is 0 Å². The highest BCUT2D eigenvalue weighted by atomic mass is 19.1. The Hall–Kier alpha value is -0.960. The zero-order valence-corrected chi connectivity index (χ0v) is 9.17. The second-order valence-corrected chi connectivity index (χ2v) is 4.18. The van der Waals surface area contributed by atoms with Crippen molar-refractivity contribution in [3.05, 3.63) is 35.4 Å². The van der Waals surface area contributed by atoms with E-state index in [-0.39, 0.29) is 17.4 Å². The third kappa shape index (κ3) is 2.53. The summed E-state index contributed by atoms with van der Waals surface area (Å²) in [5.74, 6) is -1.39. The maximum atomic E-state index is 13.3. The summed E-state index contributed by atoms with van der Waals surface area (Å²) in [6.45, 7) is 5.60. The molecule has 0 saturated heterocycles. The molecule has 1 aromatic rings. The number of benzene rings is 1. The van der Waals surface area contributed by atoms with Gasteiger partial charge in [0.2, 0.25) is 0 Å². The van der Waals surface area contributed by atoms with Crippen LogP contribution in [0.25, 0.3) is 0 Å². The number of aliphatic hydroxyl groups excluding tert-OH is 1. The minimum atomic E-state index is -1.09. The lowest BCUT2D eigenvalue weighted by Crippen LogP contribution is -2.17. The Morgan fingerprint density at radius 2 is 1.53 bits per heavy atom. The normalized spacial score (nSPS) is 15.4. The van der Waals surface area contributed by atoms with Crippen molar-refractivity contribution in [3.8, 4) is 0 Å². The summed E-state index contributed by atoms with van der Waals surface area (Å²) < 4.78 is 26.6. The maximum Gasteiger partial charge on any atom is 0.131 e. The summed E-state index contributed by atoms with van der Waals surface area (Å²) >= 11 is 0. The van der Waals surface area contributed by atoms with Gasteiger partial charge in [0.25, 0.3) is 0 Å². The maximum absolute atomic E-state index is 13.3. The predicted octanol–water partition coefficient (Wildman–Crippen LogP) is 3.29. The monoisotopic (exact) mass is 214 g/mol. The topological polar surface area (TPSA) is 20.2 Å². The Morgan fingerprint density at radius 1 is 1.07 bits per heavy atom. The van der Waals surface area contributed by atoms with Gasteiger partial charge in [-0.05, 0) is 24.0 Å². The lowest BCUT2D eigenvalue weighted by atomic mass is 9.88. The summed E-state index contributed by atoms with van der Waals surface area (Å²) in [5, 5.41) is 9.84. The molecule has 0 saturated carbocycles. The molecule has 0 amide bonds. The zero-order chi connectivity index (χ0) is 11.6. The molecule has 1 N–H and O–H groups in total. The molecule has 1 nitrogen and oxygen atoms in total. The Balaban J connectivity index is 3.05. The first kappa shape index (κ1) is 12.1. The van der Waals surface area contributed by atoms with Crippen molar-refractivity contribution in [1.82, 2.24) is 0 Å². The zero-order valence-electron chi connectivity index (χ0n) is 9.17. The molecule has 2 unspecified atom stereocenters. The number of hydrogen-bond donors (Lipinski definition) is 1. The van der Waals surface area contributed by atoms with Crippen molar-refractivity contribution < 1.29 is 13.9 Å². The van der Waals surface area contributed by atoms with Crippen molar-refractivity contribution >= 4 is 0 Å². The van der Waals surface area contributed by atoms with E-state index in [0.717, 1.165) is 12.1 Å². The molecule has 0 heterocycles. The van der Waals surface area contributed by atoms with Crippen LogP contribution in [-0.2, 0) is 0 Å². The minimum Gasteiger partial charge on any atom is -0.388 e. The highest BCUT2D eigenvalue weighted by molar-refractivity contribution is 5.22. The molecule has 1 rings (SSSR count). The molecule has 0 aliphatic heterocycles. The van der Waals surface area contributed by atoms with Gasteiger partial charge in [0.15, 0.2) is 0 Å². The second kappa shape index (κ2) is 4.71. The number of aliphatic hydroxyl groups is 1. The van der Waals surface area contributed by atoms with E-state index in [1.165, 1.54) is 6.07 Å². The van der Waals surface area contributed by atoms with Gasteiger partial charge in [-0.3, -0.25) is 0 Å². The Bertz CT molecular complexity index is 316. The molecule has 0 spiro atoms. The van der Waals surface area contributed by atoms with Gasteiger partial charge in [0.1, 0.15) is 11.6 Å². The van der Waals surface area contributed by atoms with Crippen LogP contribution >= 0.6 is 0 Å². The molecule has 84 valence electrons. The summed E-state index contributed by atoms with van der Waals surface area (Å²) in [6, 6.07) is 3.62. The third-order valence-electron chi connectivity index (χ3n) is 2.85. The van der Waals surface area contributed by atoms with Gasteiger partial charge in [0, 0.05) is 0 Å². The van der Waals surface area contributed by atoms with Crippen LogP contribution in [0.15, 0.2) is 18.2 Å². The lowest BCUT2D eigenvalue weighted by molar-refractivity contribution is 0.0850. The first-order valence-electron chi connectivity index (χ1n) is 5.07. The van der Waals surface area contributed by atoms with Gasteiger partial charge in [-0.25, -0.2) is 8.78 Å². The summed E-state index contributed by atoms with van der Waals surface area (Å²) in [5.41, 5.74) is -0.223. The molecule has 0 radical (unpaired) electrons. The van der Waals surface area contributed by atoms with Gasteiger partial charge in [-0.15, -0.1) is 0 Å². The molecule has 15 heavy (non-hydrogen) atoms. The van der Waals surface area contributed by atoms with E-state index in [4.69, 9.17) is 0 Å². The molecular weight excluding hydrogens is 198 g/mol. The molecule has 0 aliphatic rings. The van der Waals surface area contributed by atoms with Crippen LogP contribution in [0.1, 0.15) is 32.4 Å². The fourth-order valence-electron chi connectivity index (χ4n) is 1.42. The highest BCUT2D eigenvalue weighted by Crippen LogP contribution is 2.30. The van der Waals surface area contributed by atoms with Crippen LogP contribution < -0.4 is 0 Å². The van der Waals surface area contributed by atoms with E-state index in [0.29, 0.717) is 0 Å². The van der Waals surface area contributed by atoms with Crippen LogP contribution in [0.5, 0.6) is 0 Å². The molecule has 0 bridgehead atoms. The van der Waals surface area contributed by atoms with Crippen LogP contribution in [-0.4, -0.2) is 5.11 Å². The summed E-state index contributed by atoms with van der Waals surface area (Å²) in [4.78, 5) is 0. The Labute approximate surface area is 88.7 Å². The van der Waals surface area contributed by atoms with Gasteiger partial charge < -0.3 is 5.11 Å². The SMILES string of the molecule is CC(C)C(C)C(O)c1c(F)cccc1F. The van der Waals surface area contributed by atoms with Crippen molar-refractivity contribution in [3.63, 3.8) is 0 Å². The summed E-state index contributed by atoms with van der Waals surface area (Å²) in [7, 11) is 0. The fourth-order valence-corrected chi connectivity index (χ4v) is 1.42. The van der Waals surface area contributed by atoms with Gasteiger partial charge >= 0.3 is 0 Å². The Kier molecular flexibility index (Phi) is 3.80. The average molecular weight is 214 g/mol. The number of halogens is 2. The number of rotatable bonds is 3. The van der Waals surface area contributed by atoms with Crippen molar-refractivity contribution in [2.75, 3.05) is 0 Å². The Morgan fingerprint density at radius 3 is 1.93 bits per heavy atom. The summed E-state index contributed by atoms with van der Waals surface area (Å²) in [6.07, 6.45) is -1.09. The predicted molar refractivity (Wildman–Crippen MR) is 55.3 cm³/mol. The van der Waals surface area contributed by atoms with Crippen LogP contribution in [0.2, 0.25) is 0 Å². The molecule has 2 atom stereocenters. The molecule has 1 aromatic carbocycles. The van der Waals surface area contributed by atoms with E-state index in [9.17, 15) is 13.9 Å².